The van der Waals surface area contributed by atoms with Gasteiger partial charge in [0, 0.05) is 71.3 Å². The molecule has 418 valence electrons. The summed E-state index contributed by atoms with van der Waals surface area (Å²) in [5.74, 6) is 0. The molecule has 1 aliphatic rings. The van der Waals surface area contributed by atoms with Crippen molar-refractivity contribution in [3.8, 4) is 61.6 Å². The van der Waals surface area contributed by atoms with Gasteiger partial charge in [0.1, 0.15) is 0 Å². The lowest BCUT2D eigenvalue weighted by Crippen LogP contribution is -2.17. The topological polar surface area (TPSA) is 18.0 Å². The third-order valence-corrected chi connectivity index (χ3v) is 19.2. The minimum Gasteiger partial charge on any atom is -0.310 e. The normalized spacial score (nSPS) is 12.7. The van der Waals surface area contributed by atoms with Crippen molar-refractivity contribution in [3.05, 3.63) is 327 Å². The summed E-state index contributed by atoms with van der Waals surface area (Å²) >= 11 is 0. The van der Waals surface area contributed by atoms with Gasteiger partial charge in [0.05, 0.1) is 44.5 Å². The van der Waals surface area contributed by atoms with E-state index in [1.165, 1.54) is 138 Å². The third kappa shape index (κ3) is 7.86. The molecule has 0 unspecified atom stereocenters. The summed E-state index contributed by atoms with van der Waals surface area (Å²) in [6, 6.07) is 117. The van der Waals surface area contributed by atoms with Crippen LogP contribution in [0, 0.1) is 0 Å². The molecule has 1 aliphatic carbocycles. The van der Waals surface area contributed by atoms with Gasteiger partial charge in [-0.1, -0.05) is 214 Å². The first-order chi connectivity index (χ1) is 43.9. The monoisotopic (exact) mass is 1130 g/mol. The lowest BCUT2D eigenvalue weighted by molar-refractivity contribution is 0.660. The molecule has 0 N–H and O–H groups in total. The van der Waals surface area contributed by atoms with E-state index in [0.29, 0.717) is 0 Å². The van der Waals surface area contributed by atoms with Crippen LogP contribution in [0.1, 0.15) is 25.0 Å². The van der Waals surface area contributed by atoms with Crippen LogP contribution in [-0.4, -0.2) is 13.7 Å². The first-order valence-corrected chi connectivity index (χ1v) is 30.9. The number of anilines is 3. The van der Waals surface area contributed by atoms with Crippen LogP contribution in [0.15, 0.2) is 315 Å². The van der Waals surface area contributed by atoms with Crippen LogP contribution >= 0.6 is 0 Å². The Morgan fingerprint density at radius 1 is 0.247 bits per heavy atom. The smallest absolute Gasteiger partial charge is 0.0542 e. The lowest BCUT2D eigenvalue weighted by Gasteiger charge is -2.30. The molecule has 14 aromatic carbocycles. The van der Waals surface area contributed by atoms with Crippen molar-refractivity contribution in [1.82, 2.24) is 13.7 Å². The van der Waals surface area contributed by atoms with Crippen LogP contribution in [0.3, 0.4) is 0 Å². The number of aromatic nitrogens is 3. The summed E-state index contributed by atoms with van der Waals surface area (Å²) in [5, 5.41) is 9.87. The van der Waals surface area contributed by atoms with Gasteiger partial charge in [-0.05, 0) is 171 Å². The van der Waals surface area contributed by atoms with Crippen LogP contribution < -0.4 is 4.90 Å². The Labute approximate surface area is 516 Å². The van der Waals surface area contributed by atoms with Crippen LogP contribution in [0.2, 0.25) is 0 Å². The highest BCUT2D eigenvalue weighted by atomic mass is 15.1. The number of benzene rings is 14. The predicted molar refractivity (Wildman–Crippen MR) is 376 cm³/mol. The van der Waals surface area contributed by atoms with E-state index >= 15 is 0 Å². The molecule has 0 bridgehead atoms. The Bertz CT molecular complexity index is 5630. The van der Waals surface area contributed by atoms with Crippen molar-refractivity contribution in [1.29, 1.82) is 0 Å². The molecule has 0 radical (unpaired) electrons. The molecule has 4 heteroatoms. The highest BCUT2D eigenvalue weighted by Crippen LogP contribution is 2.53. The quantitative estimate of drug-likeness (QED) is 0.141. The van der Waals surface area contributed by atoms with Crippen molar-refractivity contribution in [2.24, 2.45) is 0 Å². The molecule has 0 saturated heterocycles. The van der Waals surface area contributed by atoms with E-state index in [0.717, 1.165) is 28.3 Å². The van der Waals surface area contributed by atoms with E-state index in [2.05, 4.69) is 348 Å². The van der Waals surface area contributed by atoms with Crippen molar-refractivity contribution < 1.29 is 0 Å². The van der Waals surface area contributed by atoms with E-state index in [9.17, 15) is 0 Å². The Morgan fingerprint density at radius 2 is 0.607 bits per heavy atom. The maximum Gasteiger partial charge on any atom is 0.0542 e. The van der Waals surface area contributed by atoms with Gasteiger partial charge in [-0.3, -0.25) is 0 Å². The molecule has 18 rings (SSSR count). The average molecular weight is 1140 g/mol. The molecular formula is C85H58N4. The van der Waals surface area contributed by atoms with E-state index in [-0.39, 0.29) is 5.41 Å². The molecule has 0 amide bonds. The van der Waals surface area contributed by atoms with Gasteiger partial charge in [0.25, 0.3) is 0 Å². The molecule has 4 nitrogen and oxygen atoms in total. The van der Waals surface area contributed by atoms with Crippen LogP contribution in [0.4, 0.5) is 17.1 Å². The SMILES string of the molecule is CC1(C)c2cc(-c3ccc4c(c3)c3ccccc3n4-c3ccccc3)ccc2-c2ccc(N(c3ccc(-c4ccc(-c5ccc6c(c5)c5ccccc5n6-c5ccccc5)cc4)cc3)c3ccc(-n4c5ccccc5c5ccccc54)c4ccccc34)cc21. The minimum absolute atomic E-state index is 0.291. The fraction of sp³-hybridized carbons (Fsp3) is 0.0353. The minimum atomic E-state index is -0.291. The Morgan fingerprint density at radius 3 is 1.15 bits per heavy atom. The largest absolute Gasteiger partial charge is 0.310 e. The zero-order valence-electron chi connectivity index (χ0n) is 49.3. The highest BCUT2D eigenvalue weighted by molar-refractivity contribution is 6.14. The third-order valence-electron chi connectivity index (χ3n) is 19.2. The van der Waals surface area contributed by atoms with Crippen molar-refractivity contribution in [2.45, 2.75) is 19.3 Å². The van der Waals surface area contributed by atoms with Crippen molar-refractivity contribution in [3.63, 3.8) is 0 Å². The Kier molecular flexibility index (Phi) is 11.3. The summed E-state index contributed by atoms with van der Waals surface area (Å²) in [6.07, 6.45) is 0. The molecule has 3 heterocycles. The van der Waals surface area contributed by atoms with Gasteiger partial charge in [0.2, 0.25) is 0 Å². The highest BCUT2D eigenvalue weighted by Gasteiger charge is 2.37. The van der Waals surface area contributed by atoms with E-state index < -0.39 is 0 Å². The van der Waals surface area contributed by atoms with Crippen molar-refractivity contribution >= 4 is 93.3 Å². The fourth-order valence-electron chi connectivity index (χ4n) is 15.0. The fourth-order valence-corrected chi connectivity index (χ4v) is 15.0. The summed E-state index contributed by atoms with van der Waals surface area (Å²) < 4.78 is 7.22. The molecule has 17 aromatic rings. The van der Waals surface area contributed by atoms with E-state index in [4.69, 9.17) is 0 Å². The van der Waals surface area contributed by atoms with E-state index in [1.54, 1.807) is 0 Å². The van der Waals surface area contributed by atoms with Gasteiger partial charge in [-0.2, -0.15) is 0 Å². The van der Waals surface area contributed by atoms with Gasteiger partial charge >= 0.3 is 0 Å². The Balaban J connectivity index is 0.734. The second kappa shape index (κ2) is 19.8. The van der Waals surface area contributed by atoms with Crippen LogP contribution in [0.5, 0.6) is 0 Å². The molecule has 0 saturated carbocycles. The van der Waals surface area contributed by atoms with Gasteiger partial charge in [-0.15, -0.1) is 0 Å². The maximum atomic E-state index is 2.49. The summed E-state index contributed by atoms with van der Waals surface area (Å²) in [6.45, 7) is 4.82. The standard InChI is InChI=1S/C85H58N4/c1-85(2)75-53-60(59-41-48-84-74(52-59)72-28-14-16-30-78(72)88(84)62-21-7-4-8-22-62)39-45-65(75)66-46-44-64(54-76(66)85)86(81-49-50-82(70-24-10-9-23-69(70)81)89-79-31-17-11-25-67(79)68-26-12-18-32-80(68)89)63-42-37-56(38-43-63)55-33-35-57(36-34-55)58-40-47-83-73(51-58)71-27-13-15-29-77(71)87(83)61-19-5-3-6-20-61/h3-54H,1-2H3. The molecule has 89 heavy (non-hydrogen) atoms. The lowest BCUT2D eigenvalue weighted by atomic mass is 9.81. The molecule has 0 atom stereocenters. The molecule has 0 spiro atoms. The zero-order valence-corrected chi connectivity index (χ0v) is 49.3. The number of fused-ring (bicyclic) bond motifs is 13. The summed E-state index contributed by atoms with van der Waals surface area (Å²) in [5.41, 5.74) is 26.1. The first-order valence-electron chi connectivity index (χ1n) is 30.9. The van der Waals surface area contributed by atoms with Crippen LogP contribution in [0.25, 0.3) is 138 Å². The number of nitrogens with zero attached hydrogens (tertiary/aromatic N) is 4. The second-order valence-corrected chi connectivity index (χ2v) is 24.4. The number of para-hydroxylation sites is 6. The molecule has 3 aromatic heterocycles. The second-order valence-electron chi connectivity index (χ2n) is 24.4. The number of hydrogen-bond donors (Lipinski definition) is 0. The van der Waals surface area contributed by atoms with Crippen molar-refractivity contribution in [2.75, 3.05) is 4.90 Å². The molecular weight excluding hydrogens is 1080 g/mol. The predicted octanol–water partition coefficient (Wildman–Crippen LogP) is 22.9. The van der Waals surface area contributed by atoms with Gasteiger partial charge in [0.15, 0.2) is 0 Å². The van der Waals surface area contributed by atoms with Gasteiger partial charge < -0.3 is 18.6 Å². The summed E-state index contributed by atoms with van der Waals surface area (Å²) in [7, 11) is 0. The Hall–Kier alpha value is -11.5. The zero-order chi connectivity index (χ0) is 58.9. The molecule has 0 aliphatic heterocycles. The molecule has 0 fully saturated rings. The van der Waals surface area contributed by atoms with E-state index in [1.807, 2.05) is 0 Å². The first kappa shape index (κ1) is 50.8. The van der Waals surface area contributed by atoms with Gasteiger partial charge in [-0.25, -0.2) is 0 Å². The maximum absolute atomic E-state index is 2.49. The number of hydrogen-bond acceptors (Lipinski definition) is 1. The average Bonchev–Trinajstić information content (AvgIpc) is 1.81. The van der Waals surface area contributed by atoms with Crippen LogP contribution in [-0.2, 0) is 5.41 Å². The number of rotatable bonds is 9. The summed E-state index contributed by atoms with van der Waals surface area (Å²) in [4.78, 5) is 2.49.